The molecule has 0 fully saturated rings. The predicted molar refractivity (Wildman–Crippen MR) is 94.3 cm³/mol. The van der Waals surface area contributed by atoms with Crippen LogP contribution >= 0.6 is 11.6 Å². The molecule has 118 valence electrons. The van der Waals surface area contributed by atoms with Crippen molar-refractivity contribution in [1.29, 1.82) is 0 Å². The molecule has 0 aliphatic carbocycles. The highest BCUT2D eigenvalue weighted by molar-refractivity contribution is 6.30. The number of hydrogen-bond acceptors (Lipinski definition) is 5. The third-order valence-electron chi connectivity index (χ3n) is 3.73. The third-order valence-corrected chi connectivity index (χ3v) is 3.98. The van der Waals surface area contributed by atoms with Crippen LogP contribution in [0.4, 0.5) is 0 Å². The van der Waals surface area contributed by atoms with E-state index in [0.29, 0.717) is 12.5 Å². The maximum Gasteiger partial charge on any atom is 0.220 e. The van der Waals surface area contributed by atoms with Gasteiger partial charge < -0.3 is 16.4 Å². The van der Waals surface area contributed by atoms with Crippen LogP contribution in [0.1, 0.15) is 17.3 Å². The Hall–Kier alpha value is -2.53. The number of hydrogen-bond donors (Lipinski definition) is 2. The molecule has 1 atom stereocenters. The first-order valence-electron chi connectivity index (χ1n) is 7.37. The monoisotopic (exact) mass is 327 g/mol. The van der Waals surface area contributed by atoms with Crippen LogP contribution in [0.3, 0.4) is 0 Å². The zero-order valence-electron chi connectivity index (χ0n) is 12.6. The minimum absolute atomic E-state index is 0.207. The molecule has 0 aromatic heterocycles. The molecule has 0 radical (unpaired) electrons. The zero-order valence-corrected chi connectivity index (χ0v) is 13.3. The van der Waals surface area contributed by atoms with E-state index in [4.69, 9.17) is 23.1 Å². The molecule has 23 heavy (non-hydrogen) atoms. The van der Waals surface area contributed by atoms with Crippen molar-refractivity contribution < 1.29 is 0 Å². The van der Waals surface area contributed by atoms with E-state index < -0.39 is 0 Å². The Bertz CT molecular complexity index is 724. The number of rotatable bonds is 4. The van der Waals surface area contributed by atoms with E-state index in [2.05, 4.69) is 9.98 Å². The van der Waals surface area contributed by atoms with Gasteiger partial charge in [-0.15, -0.1) is 0 Å². The third kappa shape index (κ3) is 3.63. The van der Waals surface area contributed by atoms with Gasteiger partial charge in [0.05, 0.1) is 0 Å². The van der Waals surface area contributed by atoms with Gasteiger partial charge in [0, 0.05) is 11.6 Å². The van der Waals surface area contributed by atoms with E-state index in [1.54, 1.807) is 0 Å². The number of nitrogens with zero attached hydrogens (tertiary/aromatic N) is 3. The van der Waals surface area contributed by atoms with Crippen LogP contribution in [0.2, 0.25) is 5.02 Å². The van der Waals surface area contributed by atoms with Crippen LogP contribution < -0.4 is 11.5 Å². The van der Waals surface area contributed by atoms with E-state index in [0.717, 1.165) is 17.0 Å². The van der Waals surface area contributed by atoms with Crippen LogP contribution in [0.15, 0.2) is 64.6 Å². The molecule has 6 heteroatoms. The van der Waals surface area contributed by atoms with Crippen molar-refractivity contribution in [2.24, 2.45) is 21.5 Å². The molecule has 3 rings (SSSR count). The van der Waals surface area contributed by atoms with Crippen molar-refractivity contribution in [2.45, 2.75) is 12.6 Å². The summed E-state index contributed by atoms with van der Waals surface area (Å²) in [6, 6.07) is 17.7. The van der Waals surface area contributed by atoms with Crippen molar-refractivity contribution in [3.05, 3.63) is 70.7 Å². The number of aliphatic imine (C=N–C) groups is 2. The normalized spacial score (nSPS) is 17.6. The van der Waals surface area contributed by atoms with Gasteiger partial charge in [0.25, 0.3) is 0 Å². The molecule has 2 aromatic carbocycles. The van der Waals surface area contributed by atoms with Gasteiger partial charge in [0.15, 0.2) is 6.17 Å². The van der Waals surface area contributed by atoms with Gasteiger partial charge in [-0.25, -0.2) is 4.99 Å². The van der Waals surface area contributed by atoms with Gasteiger partial charge in [0.2, 0.25) is 11.9 Å². The van der Waals surface area contributed by atoms with E-state index in [1.807, 2.05) is 59.5 Å². The highest BCUT2D eigenvalue weighted by atomic mass is 35.5. The molecular formula is C17H18ClN5. The maximum absolute atomic E-state index is 6.08. The fourth-order valence-corrected chi connectivity index (χ4v) is 2.67. The van der Waals surface area contributed by atoms with Gasteiger partial charge in [-0.1, -0.05) is 54.1 Å². The smallest absolute Gasteiger partial charge is 0.220 e. The molecule has 0 saturated carbocycles. The average Bonchev–Trinajstić information content (AvgIpc) is 2.56. The molecule has 0 spiro atoms. The van der Waals surface area contributed by atoms with Crippen LogP contribution in [0, 0.1) is 0 Å². The van der Waals surface area contributed by atoms with Gasteiger partial charge in [-0.3, -0.25) is 0 Å². The SMILES string of the molecule is NC1=NC(c2ccccc2)N(CCc2ccc(Cl)cc2)C(N)=N1. The lowest BCUT2D eigenvalue weighted by atomic mass is 10.1. The Kier molecular flexibility index (Phi) is 4.48. The molecule has 1 unspecified atom stereocenters. The lowest BCUT2D eigenvalue weighted by Gasteiger charge is -2.32. The Labute approximate surface area is 140 Å². The molecule has 2 aromatic rings. The second kappa shape index (κ2) is 6.71. The molecule has 1 aliphatic heterocycles. The van der Waals surface area contributed by atoms with Crippen LogP contribution in [-0.2, 0) is 6.42 Å². The van der Waals surface area contributed by atoms with Crippen molar-refractivity contribution >= 4 is 23.5 Å². The molecular weight excluding hydrogens is 310 g/mol. The topological polar surface area (TPSA) is 80.0 Å². The van der Waals surface area contributed by atoms with Gasteiger partial charge in [-0.05, 0) is 29.7 Å². The summed E-state index contributed by atoms with van der Waals surface area (Å²) in [7, 11) is 0. The summed E-state index contributed by atoms with van der Waals surface area (Å²) in [6.07, 6.45) is 0.563. The zero-order chi connectivity index (χ0) is 16.2. The first-order chi connectivity index (χ1) is 11.1. The number of benzene rings is 2. The summed E-state index contributed by atoms with van der Waals surface area (Å²) in [4.78, 5) is 10.5. The fourth-order valence-electron chi connectivity index (χ4n) is 2.55. The first kappa shape index (κ1) is 15.4. The molecule has 1 heterocycles. The van der Waals surface area contributed by atoms with Crippen LogP contribution in [-0.4, -0.2) is 23.4 Å². The minimum Gasteiger partial charge on any atom is -0.369 e. The lowest BCUT2D eigenvalue weighted by molar-refractivity contribution is 0.319. The number of halogens is 1. The second-order valence-electron chi connectivity index (χ2n) is 5.31. The van der Waals surface area contributed by atoms with E-state index >= 15 is 0 Å². The fraction of sp³-hybridized carbons (Fsp3) is 0.176. The summed E-state index contributed by atoms with van der Waals surface area (Å²) < 4.78 is 0. The molecule has 0 amide bonds. The maximum atomic E-state index is 6.08. The minimum atomic E-state index is -0.249. The Balaban J connectivity index is 1.80. The second-order valence-corrected chi connectivity index (χ2v) is 5.75. The summed E-state index contributed by atoms with van der Waals surface area (Å²) in [5.74, 6) is 0.597. The van der Waals surface area contributed by atoms with Crippen LogP contribution in [0.5, 0.6) is 0 Å². The summed E-state index contributed by atoms with van der Waals surface area (Å²) >= 11 is 5.92. The van der Waals surface area contributed by atoms with Crippen molar-refractivity contribution in [2.75, 3.05) is 6.54 Å². The summed E-state index contributed by atoms with van der Waals surface area (Å²) in [6.45, 7) is 0.688. The summed E-state index contributed by atoms with van der Waals surface area (Å²) in [5, 5.41) is 0.729. The lowest BCUT2D eigenvalue weighted by Crippen LogP contribution is -2.45. The molecule has 5 nitrogen and oxygen atoms in total. The highest BCUT2D eigenvalue weighted by Crippen LogP contribution is 2.24. The summed E-state index contributed by atoms with van der Waals surface area (Å²) in [5.41, 5.74) is 14.1. The molecule has 0 bridgehead atoms. The first-order valence-corrected chi connectivity index (χ1v) is 7.75. The van der Waals surface area contributed by atoms with Gasteiger partial charge >= 0.3 is 0 Å². The van der Waals surface area contributed by atoms with Gasteiger partial charge in [0.1, 0.15) is 0 Å². The van der Waals surface area contributed by atoms with Crippen molar-refractivity contribution in [1.82, 2.24) is 4.90 Å². The van der Waals surface area contributed by atoms with Crippen molar-refractivity contribution in [3.63, 3.8) is 0 Å². The van der Waals surface area contributed by atoms with E-state index in [9.17, 15) is 0 Å². The Morgan fingerprint density at radius 3 is 2.39 bits per heavy atom. The van der Waals surface area contributed by atoms with Gasteiger partial charge in [-0.2, -0.15) is 4.99 Å². The van der Waals surface area contributed by atoms with Crippen molar-refractivity contribution in [3.8, 4) is 0 Å². The molecule has 4 N–H and O–H groups in total. The van der Waals surface area contributed by atoms with E-state index in [1.165, 1.54) is 5.56 Å². The highest BCUT2D eigenvalue weighted by Gasteiger charge is 2.25. The Morgan fingerprint density at radius 1 is 1.00 bits per heavy atom. The number of nitrogens with two attached hydrogens (primary N) is 2. The molecule has 1 aliphatic rings. The van der Waals surface area contributed by atoms with E-state index in [-0.39, 0.29) is 12.1 Å². The quantitative estimate of drug-likeness (QED) is 0.905. The number of guanidine groups is 2. The predicted octanol–water partition coefficient (Wildman–Crippen LogP) is 2.53. The van der Waals surface area contributed by atoms with Crippen LogP contribution in [0.25, 0.3) is 0 Å². The average molecular weight is 328 g/mol. The standard InChI is InChI=1S/C17H18ClN5/c18-14-8-6-12(7-9-14)10-11-23-15(13-4-2-1-3-5-13)21-16(19)22-17(23)20/h1-9,15H,10-11H2,(H4,19,20,21,22). The molecule has 0 saturated heterocycles. The Morgan fingerprint density at radius 2 is 1.70 bits per heavy atom. The largest absolute Gasteiger partial charge is 0.369 e.